The van der Waals surface area contributed by atoms with Gasteiger partial charge in [-0.15, -0.1) is 0 Å². The number of nitrogens with zero attached hydrogens (tertiary/aromatic N) is 2. The highest BCUT2D eigenvalue weighted by atomic mass is 35.5. The SMILES string of the molecule is O=C1CN(Cc2ccc(Cl)cc2)CCN1C[C@H]1CO1. The average Bonchev–Trinajstić information content (AvgIpc) is 3.20. The van der Waals surface area contributed by atoms with E-state index in [9.17, 15) is 4.79 Å². The number of piperazine rings is 1. The second kappa shape index (κ2) is 5.49. The number of carbonyl (C=O) groups is 1. The van der Waals surface area contributed by atoms with Crippen molar-refractivity contribution in [3.8, 4) is 0 Å². The van der Waals surface area contributed by atoms with E-state index in [1.807, 2.05) is 29.2 Å². The maximum atomic E-state index is 12.0. The van der Waals surface area contributed by atoms with Gasteiger partial charge in [0.15, 0.2) is 0 Å². The van der Waals surface area contributed by atoms with Crippen LogP contribution < -0.4 is 0 Å². The number of rotatable bonds is 4. The van der Waals surface area contributed by atoms with Gasteiger partial charge in [-0.2, -0.15) is 0 Å². The van der Waals surface area contributed by atoms with Crippen LogP contribution in [0.5, 0.6) is 0 Å². The molecule has 1 atom stereocenters. The molecule has 1 aromatic rings. The Labute approximate surface area is 117 Å². The van der Waals surface area contributed by atoms with E-state index in [1.54, 1.807) is 0 Å². The summed E-state index contributed by atoms with van der Waals surface area (Å²) in [7, 11) is 0. The van der Waals surface area contributed by atoms with Crippen LogP contribution in [0.4, 0.5) is 0 Å². The molecule has 0 aliphatic carbocycles. The van der Waals surface area contributed by atoms with Gasteiger partial charge in [-0.1, -0.05) is 23.7 Å². The Balaban J connectivity index is 1.53. The highest BCUT2D eigenvalue weighted by Gasteiger charge is 2.30. The molecule has 4 nitrogen and oxygen atoms in total. The van der Waals surface area contributed by atoms with E-state index in [2.05, 4.69) is 4.90 Å². The first-order valence-electron chi connectivity index (χ1n) is 6.57. The van der Waals surface area contributed by atoms with Gasteiger partial charge in [-0.3, -0.25) is 9.69 Å². The summed E-state index contributed by atoms with van der Waals surface area (Å²) in [4.78, 5) is 16.1. The van der Waals surface area contributed by atoms with E-state index >= 15 is 0 Å². The predicted octanol–water partition coefficient (Wildman–Crippen LogP) is 1.38. The zero-order chi connectivity index (χ0) is 13.2. The molecule has 2 fully saturated rings. The summed E-state index contributed by atoms with van der Waals surface area (Å²) in [5.41, 5.74) is 1.19. The van der Waals surface area contributed by atoms with Crippen LogP contribution in [0.2, 0.25) is 5.02 Å². The normalized spacial score (nSPS) is 23.7. The van der Waals surface area contributed by atoms with Gasteiger partial charge in [0, 0.05) is 31.2 Å². The molecule has 0 saturated carbocycles. The number of hydrogen-bond acceptors (Lipinski definition) is 3. The first kappa shape index (κ1) is 12.9. The Morgan fingerprint density at radius 3 is 2.63 bits per heavy atom. The lowest BCUT2D eigenvalue weighted by Crippen LogP contribution is -2.50. The molecule has 0 radical (unpaired) electrons. The van der Waals surface area contributed by atoms with Gasteiger partial charge in [0.1, 0.15) is 0 Å². The van der Waals surface area contributed by atoms with Crippen LogP contribution in [0.15, 0.2) is 24.3 Å². The van der Waals surface area contributed by atoms with Gasteiger partial charge < -0.3 is 9.64 Å². The molecule has 3 rings (SSSR count). The van der Waals surface area contributed by atoms with Gasteiger partial charge in [-0.25, -0.2) is 0 Å². The second-order valence-electron chi connectivity index (χ2n) is 5.13. The molecule has 2 aliphatic heterocycles. The summed E-state index contributed by atoms with van der Waals surface area (Å²) < 4.78 is 5.17. The van der Waals surface area contributed by atoms with Crippen LogP contribution in [-0.2, 0) is 16.1 Å². The lowest BCUT2D eigenvalue weighted by molar-refractivity contribution is -0.136. The lowest BCUT2D eigenvalue weighted by Gasteiger charge is -2.34. The minimum Gasteiger partial charge on any atom is -0.371 e. The van der Waals surface area contributed by atoms with Crippen molar-refractivity contribution in [2.24, 2.45) is 0 Å². The summed E-state index contributed by atoms with van der Waals surface area (Å²) in [5.74, 6) is 0.204. The molecule has 0 spiro atoms. The average molecular weight is 281 g/mol. The maximum Gasteiger partial charge on any atom is 0.236 e. The zero-order valence-electron chi connectivity index (χ0n) is 10.7. The maximum absolute atomic E-state index is 12.0. The molecule has 5 heteroatoms. The molecular formula is C14H17ClN2O2. The van der Waals surface area contributed by atoms with Crippen LogP contribution in [0.3, 0.4) is 0 Å². The molecule has 2 heterocycles. The van der Waals surface area contributed by atoms with Crippen molar-refractivity contribution in [1.82, 2.24) is 9.80 Å². The minimum absolute atomic E-state index is 0.204. The number of epoxide rings is 1. The lowest BCUT2D eigenvalue weighted by atomic mass is 10.2. The summed E-state index contributed by atoms with van der Waals surface area (Å²) in [6.07, 6.45) is 0.284. The monoisotopic (exact) mass is 280 g/mol. The highest BCUT2D eigenvalue weighted by molar-refractivity contribution is 6.30. The second-order valence-corrected chi connectivity index (χ2v) is 5.57. The Kier molecular flexibility index (Phi) is 3.73. The summed E-state index contributed by atoms with van der Waals surface area (Å²) in [6, 6.07) is 7.80. The van der Waals surface area contributed by atoms with E-state index in [1.165, 1.54) is 5.56 Å². The van der Waals surface area contributed by atoms with Gasteiger partial charge in [0.05, 0.1) is 19.3 Å². The van der Waals surface area contributed by atoms with Crippen LogP contribution >= 0.6 is 11.6 Å². The first-order chi connectivity index (χ1) is 9.20. The predicted molar refractivity (Wildman–Crippen MR) is 73.0 cm³/mol. The van der Waals surface area contributed by atoms with Crippen molar-refractivity contribution in [2.75, 3.05) is 32.8 Å². The molecule has 1 amide bonds. The third-order valence-electron chi connectivity index (χ3n) is 3.54. The number of amides is 1. The van der Waals surface area contributed by atoms with Crippen LogP contribution in [-0.4, -0.2) is 54.6 Å². The van der Waals surface area contributed by atoms with E-state index in [0.717, 1.165) is 37.8 Å². The van der Waals surface area contributed by atoms with E-state index < -0.39 is 0 Å². The third kappa shape index (κ3) is 3.47. The molecule has 19 heavy (non-hydrogen) atoms. The topological polar surface area (TPSA) is 36.1 Å². The van der Waals surface area contributed by atoms with Crippen LogP contribution in [0.1, 0.15) is 5.56 Å². The molecule has 102 valence electrons. The van der Waals surface area contributed by atoms with Crippen molar-refractivity contribution >= 4 is 17.5 Å². The highest BCUT2D eigenvalue weighted by Crippen LogP contribution is 2.16. The van der Waals surface area contributed by atoms with Crippen LogP contribution in [0.25, 0.3) is 0 Å². The number of benzene rings is 1. The third-order valence-corrected chi connectivity index (χ3v) is 3.80. The Morgan fingerprint density at radius 1 is 1.26 bits per heavy atom. The van der Waals surface area contributed by atoms with Crippen molar-refractivity contribution in [2.45, 2.75) is 12.6 Å². The summed E-state index contributed by atoms with van der Waals surface area (Å²) >= 11 is 5.86. The van der Waals surface area contributed by atoms with Crippen molar-refractivity contribution in [1.29, 1.82) is 0 Å². The van der Waals surface area contributed by atoms with Crippen molar-refractivity contribution < 1.29 is 9.53 Å². The van der Waals surface area contributed by atoms with Gasteiger partial charge in [-0.05, 0) is 17.7 Å². The fourth-order valence-electron chi connectivity index (χ4n) is 2.35. The van der Waals surface area contributed by atoms with E-state index in [0.29, 0.717) is 6.54 Å². The summed E-state index contributed by atoms with van der Waals surface area (Å²) in [6.45, 7) is 4.57. The van der Waals surface area contributed by atoms with E-state index in [-0.39, 0.29) is 12.0 Å². The molecule has 1 aromatic carbocycles. The fraction of sp³-hybridized carbons (Fsp3) is 0.500. The van der Waals surface area contributed by atoms with Crippen molar-refractivity contribution in [3.63, 3.8) is 0 Å². The number of hydrogen-bond donors (Lipinski definition) is 0. The van der Waals surface area contributed by atoms with Gasteiger partial charge in [0.2, 0.25) is 5.91 Å². The smallest absolute Gasteiger partial charge is 0.236 e. The number of halogens is 1. The molecule has 0 aromatic heterocycles. The quantitative estimate of drug-likeness (QED) is 0.782. The molecule has 2 aliphatic rings. The number of carbonyl (C=O) groups excluding carboxylic acids is 1. The zero-order valence-corrected chi connectivity index (χ0v) is 11.5. The Morgan fingerprint density at radius 2 is 2.00 bits per heavy atom. The standard InChI is InChI=1S/C14H17ClN2O2/c15-12-3-1-11(2-4-12)7-16-5-6-17(14(18)9-16)8-13-10-19-13/h1-4,13H,5-10H2/t13-/m0/s1. The van der Waals surface area contributed by atoms with Gasteiger partial charge >= 0.3 is 0 Å². The largest absolute Gasteiger partial charge is 0.371 e. The molecule has 0 unspecified atom stereocenters. The molecular weight excluding hydrogens is 264 g/mol. The van der Waals surface area contributed by atoms with Crippen LogP contribution in [0, 0.1) is 0 Å². The number of ether oxygens (including phenoxy) is 1. The van der Waals surface area contributed by atoms with Crippen molar-refractivity contribution in [3.05, 3.63) is 34.9 Å². The van der Waals surface area contributed by atoms with Gasteiger partial charge in [0.25, 0.3) is 0 Å². The van der Waals surface area contributed by atoms with E-state index in [4.69, 9.17) is 16.3 Å². The molecule has 0 N–H and O–H groups in total. The minimum atomic E-state index is 0.204. The fourth-order valence-corrected chi connectivity index (χ4v) is 2.48. The summed E-state index contributed by atoms with van der Waals surface area (Å²) in [5, 5.41) is 0.745. The first-order valence-corrected chi connectivity index (χ1v) is 6.95. The Hall–Kier alpha value is -1.10. The molecule has 0 bridgehead atoms. The molecule has 2 saturated heterocycles. The Bertz CT molecular complexity index is 459.